The number of sulfonamides is 1. The average molecular weight is 417 g/mol. The SMILES string of the molecule is COc1ccc(S(=O)(=O)N2CCN(c3nc4ccc(C)cc4[nH]3)CC2)cc1OC. The molecule has 1 saturated heterocycles. The number of H-pyrrole nitrogens is 1. The third kappa shape index (κ3) is 3.63. The van der Waals surface area contributed by atoms with E-state index in [2.05, 4.69) is 20.9 Å². The monoisotopic (exact) mass is 416 g/mol. The van der Waals surface area contributed by atoms with Gasteiger partial charge in [0.2, 0.25) is 16.0 Å². The van der Waals surface area contributed by atoms with Crippen molar-refractivity contribution >= 4 is 27.0 Å². The Labute approximate surface area is 170 Å². The summed E-state index contributed by atoms with van der Waals surface area (Å²) in [6.07, 6.45) is 0. The minimum atomic E-state index is -3.61. The molecule has 1 aromatic heterocycles. The number of aromatic nitrogens is 2. The minimum absolute atomic E-state index is 0.197. The molecule has 9 heteroatoms. The average Bonchev–Trinajstić information content (AvgIpc) is 3.16. The molecular formula is C20H24N4O4S. The van der Waals surface area contributed by atoms with E-state index in [-0.39, 0.29) is 4.90 Å². The molecule has 4 rings (SSSR count). The van der Waals surface area contributed by atoms with Crippen LogP contribution in [-0.4, -0.2) is 63.1 Å². The highest BCUT2D eigenvalue weighted by Crippen LogP contribution is 2.31. The molecule has 1 aliphatic rings. The van der Waals surface area contributed by atoms with Crippen molar-refractivity contribution in [2.24, 2.45) is 0 Å². The third-order valence-electron chi connectivity index (χ3n) is 5.16. The number of hydrogen-bond acceptors (Lipinski definition) is 6. The van der Waals surface area contributed by atoms with E-state index in [1.165, 1.54) is 30.2 Å². The van der Waals surface area contributed by atoms with Crippen molar-refractivity contribution in [3.05, 3.63) is 42.0 Å². The fourth-order valence-corrected chi connectivity index (χ4v) is 4.96. The lowest BCUT2D eigenvalue weighted by Gasteiger charge is -2.33. The van der Waals surface area contributed by atoms with Gasteiger partial charge in [0, 0.05) is 32.2 Å². The summed E-state index contributed by atoms with van der Waals surface area (Å²) in [5.74, 6) is 1.66. The van der Waals surface area contributed by atoms with Gasteiger partial charge in [-0.05, 0) is 36.8 Å². The molecule has 0 amide bonds. The van der Waals surface area contributed by atoms with Crippen LogP contribution in [0.15, 0.2) is 41.3 Å². The molecule has 0 radical (unpaired) electrons. The number of benzene rings is 2. The second-order valence-corrected chi connectivity index (χ2v) is 8.93. The molecule has 2 aromatic carbocycles. The quantitative estimate of drug-likeness (QED) is 0.687. The van der Waals surface area contributed by atoms with Gasteiger partial charge in [-0.15, -0.1) is 0 Å². The second-order valence-electron chi connectivity index (χ2n) is 6.99. The number of rotatable bonds is 5. The van der Waals surface area contributed by atoms with Crippen LogP contribution >= 0.6 is 0 Å². The number of nitrogens with zero attached hydrogens (tertiary/aromatic N) is 3. The summed E-state index contributed by atoms with van der Waals surface area (Å²) in [5, 5.41) is 0. The van der Waals surface area contributed by atoms with Crippen molar-refractivity contribution in [2.75, 3.05) is 45.3 Å². The molecule has 0 bridgehead atoms. The summed E-state index contributed by atoms with van der Waals surface area (Å²) in [7, 11) is -0.609. The highest BCUT2D eigenvalue weighted by molar-refractivity contribution is 7.89. The predicted octanol–water partition coefficient (Wildman–Crippen LogP) is 2.40. The van der Waals surface area contributed by atoms with Crippen LogP contribution in [0.25, 0.3) is 11.0 Å². The Kier molecular flexibility index (Phi) is 5.10. The Morgan fingerprint density at radius 2 is 1.69 bits per heavy atom. The first kappa shape index (κ1) is 19.5. The van der Waals surface area contributed by atoms with Gasteiger partial charge in [0.15, 0.2) is 11.5 Å². The maximum Gasteiger partial charge on any atom is 0.243 e. The number of ether oxygens (including phenoxy) is 2. The second kappa shape index (κ2) is 7.57. The van der Waals surface area contributed by atoms with Crippen molar-refractivity contribution in [2.45, 2.75) is 11.8 Å². The largest absolute Gasteiger partial charge is 0.493 e. The van der Waals surface area contributed by atoms with Gasteiger partial charge in [-0.2, -0.15) is 4.31 Å². The van der Waals surface area contributed by atoms with Crippen LogP contribution in [0.4, 0.5) is 5.95 Å². The number of fused-ring (bicyclic) bond motifs is 1. The van der Waals surface area contributed by atoms with E-state index in [1.54, 1.807) is 12.1 Å². The standard InChI is InChI=1S/C20H24N4O4S/c1-14-4-6-16-17(12-14)22-20(21-16)23-8-10-24(11-9-23)29(25,26)15-5-7-18(27-2)19(13-15)28-3/h4-7,12-13H,8-11H2,1-3H3,(H,21,22). The number of aromatic amines is 1. The van der Waals surface area contributed by atoms with E-state index in [0.717, 1.165) is 17.0 Å². The zero-order valence-electron chi connectivity index (χ0n) is 16.7. The number of piperazine rings is 1. The molecule has 1 aliphatic heterocycles. The lowest BCUT2D eigenvalue weighted by Crippen LogP contribution is -2.49. The topological polar surface area (TPSA) is 87.8 Å². The van der Waals surface area contributed by atoms with Crippen molar-refractivity contribution < 1.29 is 17.9 Å². The van der Waals surface area contributed by atoms with Crippen molar-refractivity contribution in [1.29, 1.82) is 0 Å². The maximum absolute atomic E-state index is 13.1. The first-order chi connectivity index (χ1) is 13.9. The van der Waals surface area contributed by atoms with Gasteiger partial charge in [-0.3, -0.25) is 0 Å². The summed E-state index contributed by atoms with van der Waals surface area (Å²) < 4.78 is 38.1. The molecule has 2 heterocycles. The van der Waals surface area contributed by atoms with E-state index in [4.69, 9.17) is 9.47 Å². The van der Waals surface area contributed by atoms with E-state index in [0.29, 0.717) is 37.7 Å². The first-order valence-electron chi connectivity index (χ1n) is 9.36. The van der Waals surface area contributed by atoms with Crippen LogP contribution in [0.1, 0.15) is 5.56 Å². The van der Waals surface area contributed by atoms with E-state index < -0.39 is 10.0 Å². The van der Waals surface area contributed by atoms with Gasteiger partial charge in [-0.25, -0.2) is 13.4 Å². The summed E-state index contributed by atoms with van der Waals surface area (Å²) >= 11 is 0. The smallest absolute Gasteiger partial charge is 0.243 e. The lowest BCUT2D eigenvalue weighted by atomic mass is 10.2. The Hall–Kier alpha value is -2.78. The molecule has 29 heavy (non-hydrogen) atoms. The Morgan fingerprint density at radius 1 is 0.966 bits per heavy atom. The summed E-state index contributed by atoms with van der Waals surface area (Å²) in [6, 6.07) is 10.7. The van der Waals surface area contributed by atoms with Gasteiger partial charge in [0.05, 0.1) is 30.1 Å². The maximum atomic E-state index is 13.1. The van der Waals surface area contributed by atoms with Gasteiger partial charge >= 0.3 is 0 Å². The molecule has 154 valence electrons. The fourth-order valence-electron chi connectivity index (χ4n) is 3.53. The Bertz CT molecular complexity index is 1130. The highest BCUT2D eigenvalue weighted by atomic mass is 32.2. The molecule has 0 unspecified atom stereocenters. The molecule has 0 saturated carbocycles. The molecule has 0 aliphatic carbocycles. The molecule has 0 spiro atoms. The van der Waals surface area contributed by atoms with Crippen LogP contribution < -0.4 is 14.4 Å². The third-order valence-corrected chi connectivity index (χ3v) is 7.05. The van der Waals surface area contributed by atoms with Crippen LogP contribution in [0, 0.1) is 6.92 Å². The first-order valence-corrected chi connectivity index (χ1v) is 10.8. The van der Waals surface area contributed by atoms with E-state index in [1.807, 2.05) is 19.1 Å². The zero-order valence-corrected chi connectivity index (χ0v) is 17.5. The Balaban J connectivity index is 1.51. The van der Waals surface area contributed by atoms with Crippen LogP contribution in [0.2, 0.25) is 0 Å². The fraction of sp³-hybridized carbons (Fsp3) is 0.350. The van der Waals surface area contributed by atoms with Crippen LogP contribution in [0.3, 0.4) is 0 Å². The van der Waals surface area contributed by atoms with Crippen molar-refractivity contribution in [3.63, 3.8) is 0 Å². The molecule has 1 N–H and O–H groups in total. The van der Waals surface area contributed by atoms with Crippen molar-refractivity contribution in [3.8, 4) is 11.5 Å². The molecule has 0 atom stereocenters. The zero-order chi connectivity index (χ0) is 20.6. The normalized spacial score (nSPS) is 15.6. The van der Waals surface area contributed by atoms with E-state index in [9.17, 15) is 8.42 Å². The minimum Gasteiger partial charge on any atom is -0.493 e. The number of anilines is 1. The number of methoxy groups -OCH3 is 2. The van der Waals surface area contributed by atoms with Gasteiger partial charge in [-0.1, -0.05) is 6.07 Å². The molecule has 8 nitrogen and oxygen atoms in total. The summed E-state index contributed by atoms with van der Waals surface area (Å²) in [6.45, 7) is 3.92. The van der Waals surface area contributed by atoms with Crippen LogP contribution in [0.5, 0.6) is 11.5 Å². The lowest BCUT2D eigenvalue weighted by molar-refractivity contribution is 0.353. The molecular weight excluding hydrogens is 392 g/mol. The van der Waals surface area contributed by atoms with Crippen molar-refractivity contribution in [1.82, 2.24) is 14.3 Å². The van der Waals surface area contributed by atoms with Gasteiger partial charge in [0.1, 0.15) is 0 Å². The van der Waals surface area contributed by atoms with Gasteiger partial charge < -0.3 is 19.4 Å². The summed E-state index contributed by atoms with van der Waals surface area (Å²) in [5.41, 5.74) is 3.06. The van der Waals surface area contributed by atoms with Crippen LogP contribution in [-0.2, 0) is 10.0 Å². The number of aryl methyl sites for hydroxylation is 1. The van der Waals surface area contributed by atoms with Gasteiger partial charge in [0.25, 0.3) is 0 Å². The van der Waals surface area contributed by atoms with E-state index >= 15 is 0 Å². The summed E-state index contributed by atoms with van der Waals surface area (Å²) in [4.78, 5) is 10.2. The number of hydrogen-bond donors (Lipinski definition) is 1. The number of imidazole rings is 1. The number of nitrogens with one attached hydrogen (secondary N) is 1. The molecule has 1 fully saturated rings. The predicted molar refractivity (Wildman–Crippen MR) is 111 cm³/mol. The highest BCUT2D eigenvalue weighted by Gasteiger charge is 2.30. The molecule has 3 aromatic rings. The Morgan fingerprint density at radius 3 is 2.38 bits per heavy atom.